The Morgan fingerprint density at radius 3 is 2.53 bits per heavy atom. The first-order valence-corrected chi connectivity index (χ1v) is 6.29. The molecule has 0 spiro atoms. The Morgan fingerprint density at radius 1 is 1.27 bits per heavy atom. The molecule has 0 aromatic rings. The molecule has 0 aliphatic carbocycles. The molecule has 0 N–H and O–H groups in total. The smallest absolute Gasteiger partial charge is 0.101 e. The summed E-state index contributed by atoms with van der Waals surface area (Å²) in [5.41, 5.74) is 0.106. The van der Waals surface area contributed by atoms with Gasteiger partial charge in [-0.1, -0.05) is 26.7 Å². The summed E-state index contributed by atoms with van der Waals surface area (Å²) in [5, 5.41) is 0. The standard InChI is InChI=1S/C11H22N2OS/c1-4-10-8-12(3)9-11(10,5-2)14-7-6-13(10)15/h15H,4-9H2,1-3H3/t10-,11+/m1/s1. The van der Waals surface area contributed by atoms with Crippen molar-refractivity contribution in [1.82, 2.24) is 9.21 Å². The molecule has 0 aromatic heterocycles. The zero-order valence-electron chi connectivity index (χ0n) is 9.99. The van der Waals surface area contributed by atoms with Gasteiger partial charge in [-0.25, -0.2) is 4.31 Å². The van der Waals surface area contributed by atoms with Crippen molar-refractivity contribution >= 4 is 12.8 Å². The Kier molecular flexibility index (Phi) is 3.05. The predicted molar refractivity (Wildman–Crippen MR) is 65.2 cm³/mol. The lowest BCUT2D eigenvalue weighted by Crippen LogP contribution is -2.66. The molecule has 2 rings (SSSR count). The zero-order chi connectivity index (χ0) is 11.1. The van der Waals surface area contributed by atoms with Gasteiger partial charge in [-0.05, 0) is 19.9 Å². The molecule has 2 aliphatic heterocycles. The quantitative estimate of drug-likeness (QED) is 0.722. The van der Waals surface area contributed by atoms with E-state index in [0.29, 0.717) is 0 Å². The van der Waals surface area contributed by atoms with Crippen LogP contribution in [0.1, 0.15) is 26.7 Å². The van der Waals surface area contributed by atoms with Crippen LogP contribution in [0, 0.1) is 0 Å². The number of nitrogens with zero attached hydrogens (tertiary/aromatic N) is 2. The lowest BCUT2D eigenvalue weighted by Gasteiger charge is -2.52. The van der Waals surface area contributed by atoms with E-state index in [2.05, 4.69) is 42.9 Å². The number of rotatable bonds is 2. The Morgan fingerprint density at radius 2 is 2.00 bits per heavy atom. The van der Waals surface area contributed by atoms with E-state index < -0.39 is 0 Å². The highest BCUT2D eigenvalue weighted by atomic mass is 32.1. The van der Waals surface area contributed by atoms with Gasteiger partial charge in [-0.3, -0.25) is 0 Å². The molecule has 3 nitrogen and oxygen atoms in total. The fourth-order valence-corrected chi connectivity index (χ4v) is 3.90. The highest BCUT2D eigenvalue weighted by Gasteiger charge is 2.60. The number of likely N-dealkylation sites (N-methyl/N-ethyl adjacent to an activating group) is 1. The van der Waals surface area contributed by atoms with Crippen LogP contribution in [0.3, 0.4) is 0 Å². The highest BCUT2D eigenvalue weighted by Crippen LogP contribution is 2.46. The van der Waals surface area contributed by atoms with E-state index in [1.807, 2.05) is 0 Å². The molecule has 2 atom stereocenters. The second-order valence-electron chi connectivity index (χ2n) is 4.88. The van der Waals surface area contributed by atoms with Crippen molar-refractivity contribution in [2.24, 2.45) is 0 Å². The molecule has 88 valence electrons. The molecule has 0 aromatic carbocycles. The summed E-state index contributed by atoms with van der Waals surface area (Å²) < 4.78 is 8.37. The van der Waals surface area contributed by atoms with Crippen LogP contribution in [-0.2, 0) is 4.74 Å². The molecule has 2 fully saturated rings. The van der Waals surface area contributed by atoms with E-state index in [1.54, 1.807) is 0 Å². The molecule has 2 aliphatic rings. The zero-order valence-corrected chi connectivity index (χ0v) is 10.9. The molecule has 0 amide bonds. The maximum Gasteiger partial charge on any atom is 0.101 e. The Hall–Kier alpha value is 0.230. The second-order valence-corrected chi connectivity index (χ2v) is 5.36. The summed E-state index contributed by atoms with van der Waals surface area (Å²) in [7, 11) is 2.18. The molecular formula is C11H22N2OS. The van der Waals surface area contributed by atoms with Gasteiger partial charge < -0.3 is 9.64 Å². The lowest BCUT2D eigenvalue weighted by molar-refractivity contribution is -0.146. The van der Waals surface area contributed by atoms with Crippen molar-refractivity contribution in [3.05, 3.63) is 0 Å². The van der Waals surface area contributed by atoms with E-state index >= 15 is 0 Å². The van der Waals surface area contributed by atoms with Crippen LogP contribution in [0.15, 0.2) is 0 Å². The molecule has 2 heterocycles. The van der Waals surface area contributed by atoms with E-state index in [9.17, 15) is 0 Å². The van der Waals surface area contributed by atoms with E-state index in [-0.39, 0.29) is 11.1 Å². The third-order valence-corrected chi connectivity index (χ3v) is 4.82. The van der Waals surface area contributed by atoms with Crippen molar-refractivity contribution in [1.29, 1.82) is 0 Å². The van der Waals surface area contributed by atoms with Gasteiger partial charge in [-0.2, -0.15) is 0 Å². The normalized spacial score (nSPS) is 43.2. The number of fused-ring (bicyclic) bond motifs is 1. The first-order valence-electron chi connectivity index (χ1n) is 5.89. The van der Waals surface area contributed by atoms with Gasteiger partial charge in [0.2, 0.25) is 0 Å². The van der Waals surface area contributed by atoms with Crippen molar-refractivity contribution < 1.29 is 4.74 Å². The summed E-state index contributed by atoms with van der Waals surface area (Å²) in [4.78, 5) is 2.38. The van der Waals surface area contributed by atoms with Crippen molar-refractivity contribution in [2.45, 2.75) is 37.8 Å². The SMILES string of the molecule is CC[C@]12CN(C)C[C@@]1(CC)N(S)CCO2. The van der Waals surface area contributed by atoms with Gasteiger partial charge in [0.1, 0.15) is 5.60 Å². The van der Waals surface area contributed by atoms with Crippen molar-refractivity contribution in [3.63, 3.8) is 0 Å². The summed E-state index contributed by atoms with van der Waals surface area (Å²) in [5.74, 6) is 0. The Labute approximate surface area is 98.3 Å². The van der Waals surface area contributed by atoms with Crippen molar-refractivity contribution in [3.8, 4) is 0 Å². The second kappa shape index (κ2) is 3.91. The third-order valence-electron chi connectivity index (χ3n) is 4.24. The van der Waals surface area contributed by atoms with Crippen LogP contribution in [-0.4, -0.2) is 53.6 Å². The van der Waals surface area contributed by atoms with Crippen LogP contribution in [0.2, 0.25) is 0 Å². The summed E-state index contributed by atoms with van der Waals surface area (Å²) in [6, 6.07) is 0. The number of likely N-dealkylation sites (tertiary alicyclic amines) is 1. The van der Waals surface area contributed by atoms with Crippen LogP contribution in [0.5, 0.6) is 0 Å². The van der Waals surface area contributed by atoms with Crippen molar-refractivity contribution in [2.75, 3.05) is 33.3 Å². The van der Waals surface area contributed by atoms with Crippen LogP contribution in [0.25, 0.3) is 0 Å². The highest BCUT2D eigenvalue weighted by molar-refractivity contribution is 7.77. The van der Waals surface area contributed by atoms with Crippen LogP contribution >= 0.6 is 12.8 Å². The number of thiol groups is 1. The molecular weight excluding hydrogens is 208 g/mol. The van der Waals surface area contributed by atoms with Crippen LogP contribution in [0.4, 0.5) is 0 Å². The topological polar surface area (TPSA) is 15.7 Å². The Balaban J connectivity index is 2.38. The summed E-state index contributed by atoms with van der Waals surface area (Å²) in [6.45, 7) is 8.34. The number of morpholine rings is 1. The number of hydrogen-bond donors (Lipinski definition) is 1. The molecule has 0 unspecified atom stereocenters. The molecule has 0 radical (unpaired) electrons. The minimum absolute atomic E-state index is 0.00347. The third kappa shape index (κ3) is 1.46. The maximum atomic E-state index is 6.14. The molecule has 4 heteroatoms. The van der Waals surface area contributed by atoms with Gasteiger partial charge in [0.15, 0.2) is 0 Å². The fraction of sp³-hybridized carbons (Fsp3) is 1.00. The van der Waals surface area contributed by atoms with E-state index in [4.69, 9.17) is 4.74 Å². The van der Waals surface area contributed by atoms with Gasteiger partial charge in [0.25, 0.3) is 0 Å². The Bertz CT molecular complexity index is 251. The monoisotopic (exact) mass is 230 g/mol. The minimum atomic E-state index is -0.00347. The fourth-order valence-electron chi connectivity index (χ4n) is 3.43. The molecule has 15 heavy (non-hydrogen) atoms. The van der Waals surface area contributed by atoms with E-state index in [1.165, 1.54) is 0 Å². The predicted octanol–water partition coefficient (Wildman–Crippen LogP) is 1.41. The van der Waals surface area contributed by atoms with Gasteiger partial charge in [-0.15, -0.1) is 0 Å². The maximum absolute atomic E-state index is 6.14. The number of hydrogen-bond acceptors (Lipinski definition) is 4. The lowest BCUT2D eigenvalue weighted by atomic mass is 9.77. The molecule has 2 saturated heterocycles. The minimum Gasteiger partial charge on any atom is -0.370 e. The molecule has 0 saturated carbocycles. The first kappa shape index (κ1) is 11.7. The molecule has 0 bridgehead atoms. The number of ether oxygens (including phenoxy) is 1. The average molecular weight is 230 g/mol. The van der Waals surface area contributed by atoms with E-state index in [0.717, 1.165) is 39.1 Å². The van der Waals surface area contributed by atoms with Gasteiger partial charge in [0.05, 0.1) is 12.1 Å². The van der Waals surface area contributed by atoms with Gasteiger partial charge >= 0.3 is 0 Å². The average Bonchev–Trinajstić information content (AvgIpc) is 2.53. The van der Waals surface area contributed by atoms with Crippen LogP contribution < -0.4 is 0 Å². The van der Waals surface area contributed by atoms with Gasteiger partial charge in [0, 0.05) is 19.6 Å². The summed E-state index contributed by atoms with van der Waals surface area (Å²) in [6.07, 6.45) is 2.18. The first-order chi connectivity index (χ1) is 7.10. The summed E-state index contributed by atoms with van der Waals surface area (Å²) >= 11 is 4.68. The largest absolute Gasteiger partial charge is 0.370 e.